The van der Waals surface area contributed by atoms with E-state index in [4.69, 9.17) is 4.74 Å². The summed E-state index contributed by atoms with van der Waals surface area (Å²) < 4.78 is 32.3. The molecule has 0 spiro atoms. The van der Waals surface area contributed by atoms with Crippen LogP contribution in [-0.2, 0) is 14.8 Å². The predicted molar refractivity (Wildman–Crippen MR) is 66.3 cm³/mol. The van der Waals surface area contributed by atoms with Crippen LogP contribution in [0.25, 0.3) is 0 Å². The van der Waals surface area contributed by atoms with Crippen molar-refractivity contribution in [3.05, 3.63) is 0 Å². The van der Waals surface area contributed by atoms with Crippen molar-refractivity contribution in [2.45, 2.75) is 50.3 Å². The molecule has 0 aromatic carbocycles. The summed E-state index contributed by atoms with van der Waals surface area (Å²) in [6.45, 7) is 4.59. The molecule has 0 atom stereocenters. The average Bonchev–Trinajstić information content (AvgIpc) is 2.37. The van der Waals surface area contributed by atoms with Crippen molar-refractivity contribution in [1.29, 1.82) is 0 Å². The lowest BCUT2D eigenvalue weighted by Gasteiger charge is -2.33. The molecule has 1 fully saturated rings. The molecule has 1 rings (SSSR count). The molecule has 102 valence electrons. The molecule has 0 aliphatic carbocycles. The van der Waals surface area contributed by atoms with E-state index in [2.05, 4.69) is 4.72 Å². The number of rotatable bonds is 6. The number of hydrogen-bond acceptors (Lipinski definition) is 4. The quantitative estimate of drug-likeness (QED) is 0.739. The first kappa shape index (κ1) is 14.9. The molecule has 1 aliphatic rings. The maximum absolute atomic E-state index is 12.2. The lowest BCUT2D eigenvalue weighted by Crippen LogP contribution is -2.53. The van der Waals surface area contributed by atoms with Gasteiger partial charge in [0.1, 0.15) is 0 Å². The van der Waals surface area contributed by atoms with Crippen LogP contribution in [0.15, 0.2) is 0 Å². The molecule has 1 saturated heterocycles. The zero-order valence-corrected chi connectivity index (χ0v) is 11.4. The van der Waals surface area contributed by atoms with Gasteiger partial charge in [-0.05, 0) is 25.7 Å². The standard InChI is InChI=1S/C11H23NO4S/c1-3-11(4-2,9-13)12-17(14,15)10-5-7-16-8-6-10/h10,12-13H,3-9H2,1-2H3. The van der Waals surface area contributed by atoms with Gasteiger partial charge in [0.2, 0.25) is 10.0 Å². The molecule has 0 radical (unpaired) electrons. The second kappa shape index (κ2) is 6.13. The zero-order valence-electron chi connectivity index (χ0n) is 10.6. The Balaban J connectivity index is 2.76. The number of aliphatic hydroxyl groups excluding tert-OH is 1. The molecular formula is C11H23NO4S. The van der Waals surface area contributed by atoms with Crippen LogP contribution in [0.3, 0.4) is 0 Å². The second-order valence-corrected chi connectivity index (χ2v) is 6.57. The Morgan fingerprint density at radius 3 is 2.24 bits per heavy atom. The highest BCUT2D eigenvalue weighted by atomic mass is 32.2. The Hall–Kier alpha value is -0.170. The van der Waals surface area contributed by atoms with Crippen molar-refractivity contribution < 1.29 is 18.3 Å². The molecule has 6 heteroatoms. The molecular weight excluding hydrogens is 242 g/mol. The third kappa shape index (κ3) is 3.64. The van der Waals surface area contributed by atoms with E-state index in [1.807, 2.05) is 13.8 Å². The number of ether oxygens (including phenoxy) is 1. The minimum absolute atomic E-state index is 0.164. The highest BCUT2D eigenvalue weighted by Gasteiger charge is 2.35. The summed E-state index contributed by atoms with van der Waals surface area (Å²) in [5.74, 6) is 0. The predicted octanol–water partition coefficient (Wildman–Crippen LogP) is 0.636. The van der Waals surface area contributed by atoms with Crippen LogP contribution in [0.1, 0.15) is 39.5 Å². The van der Waals surface area contributed by atoms with E-state index in [-0.39, 0.29) is 11.9 Å². The Bertz CT molecular complexity index is 310. The first-order valence-electron chi connectivity index (χ1n) is 6.21. The van der Waals surface area contributed by atoms with Crippen LogP contribution in [0.4, 0.5) is 0 Å². The van der Waals surface area contributed by atoms with Crippen molar-refractivity contribution in [2.24, 2.45) is 0 Å². The van der Waals surface area contributed by atoms with Gasteiger partial charge in [0.05, 0.1) is 17.4 Å². The fourth-order valence-corrected chi connectivity index (χ4v) is 3.96. The van der Waals surface area contributed by atoms with Gasteiger partial charge in [-0.25, -0.2) is 13.1 Å². The van der Waals surface area contributed by atoms with Crippen molar-refractivity contribution in [3.8, 4) is 0 Å². The molecule has 1 aliphatic heterocycles. The highest BCUT2D eigenvalue weighted by molar-refractivity contribution is 7.90. The van der Waals surface area contributed by atoms with Gasteiger partial charge in [0, 0.05) is 13.2 Å². The van der Waals surface area contributed by atoms with E-state index in [1.165, 1.54) is 0 Å². The molecule has 0 bridgehead atoms. The third-order valence-corrected chi connectivity index (χ3v) is 5.69. The van der Waals surface area contributed by atoms with E-state index < -0.39 is 15.6 Å². The summed E-state index contributed by atoms with van der Waals surface area (Å²) in [6.07, 6.45) is 2.24. The fraction of sp³-hybridized carbons (Fsp3) is 1.00. The molecule has 1 heterocycles. The number of aliphatic hydroxyl groups is 1. The SMILES string of the molecule is CCC(CC)(CO)NS(=O)(=O)C1CCOCC1. The lowest BCUT2D eigenvalue weighted by molar-refractivity contribution is 0.0974. The summed E-state index contributed by atoms with van der Waals surface area (Å²) in [7, 11) is -3.37. The van der Waals surface area contributed by atoms with Crippen molar-refractivity contribution in [2.75, 3.05) is 19.8 Å². The van der Waals surface area contributed by atoms with Gasteiger partial charge in [0.25, 0.3) is 0 Å². The first-order chi connectivity index (χ1) is 7.99. The van der Waals surface area contributed by atoms with Gasteiger partial charge in [-0.1, -0.05) is 13.8 Å². The highest BCUT2D eigenvalue weighted by Crippen LogP contribution is 2.21. The summed E-state index contributed by atoms with van der Waals surface area (Å²) in [6, 6.07) is 0. The zero-order chi connectivity index (χ0) is 12.9. The van der Waals surface area contributed by atoms with Crippen LogP contribution in [0.2, 0.25) is 0 Å². The normalized spacial score (nSPS) is 19.5. The Morgan fingerprint density at radius 1 is 1.29 bits per heavy atom. The van der Waals surface area contributed by atoms with E-state index in [0.29, 0.717) is 38.9 Å². The summed E-state index contributed by atoms with van der Waals surface area (Å²) in [5, 5.41) is 9.00. The molecule has 17 heavy (non-hydrogen) atoms. The van der Waals surface area contributed by atoms with Gasteiger partial charge < -0.3 is 9.84 Å². The van der Waals surface area contributed by atoms with Gasteiger partial charge in [0.15, 0.2) is 0 Å². The molecule has 2 N–H and O–H groups in total. The van der Waals surface area contributed by atoms with E-state index in [0.717, 1.165) is 0 Å². The van der Waals surface area contributed by atoms with E-state index in [1.54, 1.807) is 0 Å². The maximum Gasteiger partial charge on any atom is 0.215 e. The van der Waals surface area contributed by atoms with Gasteiger partial charge in [-0.3, -0.25) is 0 Å². The van der Waals surface area contributed by atoms with Crippen molar-refractivity contribution >= 4 is 10.0 Å². The summed E-state index contributed by atoms with van der Waals surface area (Å²) >= 11 is 0. The van der Waals surface area contributed by atoms with Crippen LogP contribution in [0, 0.1) is 0 Å². The van der Waals surface area contributed by atoms with E-state index in [9.17, 15) is 13.5 Å². The number of hydrogen-bond donors (Lipinski definition) is 2. The monoisotopic (exact) mass is 265 g/mol. The minimum Gasteiger partial charge on any atom is -0.394 e. The van der Waals surface area contributed by atoms with Crippen LogP contribution >= 0.6 is 0 Å². The largest absolute Gasteiger partial charge is 0.394 e. The summed E-state index contributed by atoms with van der Waals surface area (Å²) in [5.41, 5.74) is -0.711. The van der Waals surface area contributed by atoms with Gasteiger partial charge >= 0.3 is 0 Å². The molecule has 0 aromatic rings. The van der Waals surface area contributed by atoms with Crippen LogP contribution in [0.5, 0.6) is 0 Å². The molecule has 0 aromatic heterocycles. The Labute approximate surface area is 104 Å². The second-order valence-electron chi connectivity index (χ2n) is 4.60. The maximum atomic E-state index is 12.2. The number of nitrogens with one attached hydrogen (secondary N) is 1. The lowest BCUT2D eigenvalue weighted by atomic mass is 9.96. The average molecular weight is 265 g/mol. The number of sulfonamides is 1. The molecule has 0 unspecified atom stereocenters. The molecule has 5 nitrogen and oxygen atoms in total. The van der Waals surface area contributed by atoms with Crippen molar-refractivity contribution in [3.63, 3.8) is 0 Å². The summed E-state index contributed by atoms with van der Waals surface area (Å²) in [4.78, 5) is 0. The van der Waals surface area contributed by atoms with Crippen LogP contribution in [-0.4, -0.2) is 44.1 Å². The Kier molecular flexibility index (Phi) is 5.37. The van der Waals surface area contributed by atoms with Gasteiger partial charge in [-0.15, -0.1) is 0 Å². The fourth-order valence-electron chi connectivity index (χ4n) is 2.02. The smallest absolute Gasteiger partial charge is 0.215 e. The van der Waals surface area contributed by atoms with Crippen molar-refractivity contribution in [1.82, 2.24) is 4.72 Å². The van der Waals surface area contributed by atoms with Crippen LogP contribution < -0.4 is 4.72 Å². The minimum atomic E-state index is -3.37. The third-order valence-electron chi connectivity index (χ3n) is 3.62. The topological polar surface area (TPSA) is 75.6 Å². The first-order valence-corrected chi connectivity index (χ1v) is 7.75. The molecule has 0 amide bonds. The van der Waals surface area contributed by atoms with E-state index >= 15 is 0 Å². The molecule has 0 saturated carbocycles. The Morgan fingerprint density at radius 2 is 1.82 bits per heavy atom. The van der Waals surface area contributed by atoms with Gasteiger partial charge in [-0.2, -0.15) is 0 Å².